The van der Waals surface area contributed by atoms with Crippen LogP contribution in [0.2, 0.25) is 0 Å². The molecule has 4 nitrogen and oxygen atoms in total. The minimum absolute atomic E-state index is 0.00565. The zero-order valence-electron chi connectivity index (χ0n) is 10.8. The summed E-state index contributed by atoms with van der Waals surface area (Å²) < 4.78 is 2.24. The summed E-state index contributed by atoms with van der Waals surface area (Å²) in [7, 11) is 0. The van der Waals surface area contributed by atoms with Crippen molar-refractivity contribution in [2.45, 2.75) is 40.3 Å². The first kappa shape index (κ1) is 14.4. The van der Waals surface area contributed by atoms with Crippen molar-refractivity contribution in [1.29, 1.82) is 0 Å². The van der Waals surface area contributed by atoms with Gasteiger partial charge in [-0.05, 0) is 35.3 Å². The Balaban J connectivity index is 2.74. The lowest BCUT2D eigenvalue weighted by atomic mass is 10.1. The second kappa shape index (κ2) is 6.31. The second-order valence-corrected chi connectivity index (χ2v) is 5.59. The van der Waals surface area contributed by atoms with Gasteiger partial charge in [0.1, 0.15) is 10.3 Å². The molecule has 17 heavy (non-hydrogen) atoms. The summed E-state index contributed by atoms with van der Waals surface area (Å²) >= 11 is 3.22. The summed E-state index contributed by atoms with van der Waals surface area (Å²) in [6.07, 6.45) is 1.56. The Morgan fingerprint density at radius 2 is 2.12 bits per heavy atom. The van der Waals surface area contributed by atoms with E-state index in [0.29, 0.717) is 23.0 Å². The number of hydrogen-bond donors (Lipinski definition) is 1. The van der Waals surface area contributed by atoms with Crippen LogP contribution < -0.4 is 10.9 Å². The third-order valence-electron chi connectivity index (χ3n) is 2.57. The van der Waals surface area contributed by atoms with Crippen molar-refractivity contribution in [2.24, 2.45) is 5.92 Å². The molecule has 0 aliphatic heterocycles. The zero-order chi connectivity index (χ0) is 13.0. The lowest BCUT2D eigenvalue weighted by Gasteiger charge is -2.17. The van der Waals surface area contributed by atoms with Crippen LogP contribution in [0.5, 0.6) is 0 Å². The van der Waals surface area contributed by atoms with Crippen molar-refractivity contribution in [2.75, 3.05) is 6.54 Å². The zero-order valence-corrected chi connectivity index (χ0v) is 12.4. The Morgan fingerprint density at radius 3 is 2.71 bits per heavy atom. The van der Waals surface area contributed by atoms with Gasteiger partial charge in [-0.1, -0.05) is 20.8 Å². The van der Waals surface area contributed by atoms with Crippen LogP contribution in [-0.2, 0) is 6.54 Å². The fourth-order valence-corrected chi connectivity index (χ4v) is 1.90. The predicted molar refractivity (Wildman–Crippen MR) is 73.2 cm³/mol. The van der Waals surface area contributed by atoms with Crippen LogP contribution in [0.3, 0.4) is 0 Å². The number of aromatic nitrogens is 2. The summed E-state index contributed by atoms with van der Waals surface area (Å²) in [4.78, 5) is 16.1. The molecule has 0 aliphatic rings. The van der Waals surface area contributed by atoms with Crippen LogP contribution in [0.1, 0.15) is 26.6 Å². The Hall–Kier alpha value is -0.680. The number of nitrogens with one attached hydrogen (secondary N) is 1. The summed E-state index contributed by atoms with van der Waals surface area (Å²) in [5.41, 5.74) is -0.00565. The molecule has 96 valence electrons. The molecule has 0 spiro atoms. The SMILES string of the molecule is Cc1ncc(Br)c(=O)n1CC(C)CNC(C)C. The highest BCUT2D eigenvalue weighted by atomic mass is 79.9. The molecule has 0 radical (unpaired) electrons. The number of halogens is 1. The molecule has 0 amide bonds. The van der Waals surface area contributed by atoms with Gasteiger partial charge in [-0.25, -0.2) is 4.98 Å². The van der Waals surface area contributed by atoms with Crippen molar-refractivity contribution in [3.63, 3.8) is 0 Å². The Labute approximate surface area is 111 Å². The lowest BCUT2D eigenvalue weighted by molar-refractivity contribution is 0.412. The molecule has 0 saturated carbocycles. The van der Waals surface area contributed by atoms with Crippen LogP contribution in [0.4, 0.5) is 0 Å². The number of hydrogen-bond acceptors (Lipinski definition) is 3. The monoisotopic (exact) mass is 301 g/mol. The van der Waals surface area contributed by atoms with E-state index in [1.165, 1.54) is 0 Å². The van der Waals surface area contributed by atoms with Crippen LogP contribution in [0.25, 0.3) is 0 Å². The van der Waals surface area contributed by atoms with Gasteiger partial charge in [0.25, 0.3) is 5.56 Å². The first-order chi connectivity index (χ1) is 7.91. The van der Waals surface area contributed by atoms with Gasteiger partial charge < -0.3 is 5.32 Å². The summed E-state index contributed by atoms with van der Waals surface area (Å²) in [5, 5.41) is 3.37. The summed E-state index contributed by atoms with van der Waals surface area (Å²) in [6.45, 7) is 9.81. The first-order valence-corrected chi connectivity index (χ1v) is 6.66. The smallest absolute Gasteiger partial charge is 0.267 e. The molecule has 0 aromatic carbocycles. The molecule has 1 N–H and O–H groups in total. The minimum atomic E-state index is -0.00565. The molecular weight excluding hydrogens is 282 g/mol. The summed E-state index contributed by atoms with van der Waals surface area (Å²) in [5.74, 6) is 1.15. The van der Waals surface area contributed by atoms with E-state index in [2.05, 4.69) is 47.0 Å². The van der Waals surface area contributed by atoms with Gasteiger partial charge in [-0.3, -0.25) is 9.36 Å². The van der Waals surface area contributed by atoms with Crippen molar-refractivity contribution in [3.8, 4) is 0 Å². The Morgan fingerprint density at radius 1 is 1.47 bits per heavy atom. The third-order valence-corrected chi connectivity index (χ3v) is 3.12. The quantitative estimate of drug-likeness (QED) is 0.904. The first-order valence-electron chi connectivity index (χ1n) is 5.87. The average molecular weight is 302 g/mol. The maximum absolute atomic E-state index is 11.9. The van der Waals surface area contributed by atoms with Gasteiger partial charge in [0.2, 0.25) is 0 Å². The fraction of sp³-hybridized carbons (Fsp3) is 0.667. The molecule has 0 saturated heterocycles. The van der Waals surface area contributed by atoms with E-state index in [9.17, 15) is 4.79 Å². The molecule has 5 heteroatoms. The van der Waals surface area contributed by atoms with Gasteiger partial charge in [0.15, 0.2) is 0 Å². The molecule has 0 fully saturated rings. The lowest BCUT2D eigenvalue weighted by Crippen LogP contribution is -2.33. The maximum Gasteiger partial charge on any atom is 0.267 e. The van der Waals surface area contributed by atoms with E-state index >= 15 is 0 Å². The molecule has 0 bridgehead atoms. The number of aryl methyl sites for hydroxylation is 1. The van der Waals surface area contributed by atoms with Crippen LogP contribution in [-0.4, -0.2) is 22.1 Å². The highest BCUT2D eigenvalue weighted by Crippen LogP contribution is 2.04. The summed E-state index contributed by atoms with van der Waals surface area (Å²) in [6, 6.07) is 0.468. The van der Waals surface area contributed by atoms with Gasteiger partial charge in [-0.15, -0.1) is 0 Å². The van der Waals surface area contributed by atoms with Gasteiger partial charge in [0, 0.05) is 18.8 Å². The molecule has 1 rings (SSSR count). The van der Waals surface area contributed by atoms with E-state index in [-0.39, 0.29) is 5.56 Å². The minimum Gasteiger partial charge on any atom is -0.314 e. The second-order valence-electron chi connectivity index (χ2n) is 4.74. The molecule has 1 aromatic rings. The van der Waals surface area contributed by atoms with E-state index in [1.807, 2.05) is 6.92 Å². The van der Waals surface area contributed by atoms with Gasteiger partial charge >= 0.3 is 0 Å². The molecule has 1 atom stereocenters. The van der Waals surface area contributed by atoms with Gasteiger partial charge in [0.05, 0.1) is 0 Å². The van der Waals surface area contributed by atoms with Crippen LogP contribution in [0.15, 0.2) is 15.5 Å². The van der Waals surface area contributed by atoms with E-state index in [1.54, 1.807) is 10.8 Å². The van der Waals surface area contributed by atoms with E-state index < -0.39 is 0 Å². The topological polar surface area (TPSA) is 46.9 Å². The average Bonchev–Trinajstić information content (AvgIpc) is 2.27. The largest absolute Gasteiger partial charge is 0.314 e. The fourth-order valence-electron chi connectivity index (χ4n) is 1.58. The Bertz CT molecular complexity index is 428. The van der Waals surface area contributed by atoms with E-state index in [4.69, 9.17) is 0 Å². The molecule has 1 unspecified atom stereocenters. The molecule has 1 aromatic heterocycles. The van der Waals surface area contributed by atoms with Crippen molar-refractivity contribution < 1.29 is 0 Å². The van der Waals surface area contributed by atoms with Crippen LogP contribution >= 0.6 is 15.9 Å². The van der Waals surface area contributed by atoms with Crippen molar-refractivity contribution >= 4 is 15.9 Å². The van der Waals surface area contributed by atoms with Gasteiger partial charge in [-0.2, -0.15) is 0 Å². The van der Waals surface area contributed by atoms with E-state index in [0.717, 1.165) is 12.4 Å². The highest BCUT2D eigenvalue weighted by molar-refractivity contribution is 9.10. The van der Waals surface area contributed by atoms with Crippen molar-refractivity contribution in [1.82, 2.24) is 14.9 Å². The van der Waals surface area contributed by atoms with Crippen molar-refractivity contribution in [3.05, 3.63) is 26.8 Å². The normalized spacial score (nSPS) is 13.1. The standard InChI is InChI=1S/C12H20BrN3O/c1-8(2)14-5-9(3)7-16-10(4)15-6-11(13)12(16)17/h6,8-9,14H,5,7H2,1-4H3. The Kier molecular flexibility index (Phi) is 5.33. The predicted octanol–water partition coefficient (Wildman–Crippen LogP) is 1.95. The molecule has 0 aliphatic carbocycles. The van der Waals surface area contributed by atoms with Crippen LogP contribution in [0, 0.1) is 12.8 Å². The molecule has 1 heterocycles. The molecular formula is C12H20BrN3O. The maximum atomic E-state index is 11.9. The highest BCUT2D eigenvalue weighted by Gasteiger charge is 2.09. The number of nitrogens with zero attached hydrogens (tertiary/aromatic N) is 2. The number of rotatable bonds is 5. The third kappa shape index (κ3) is 4.24.